The second kappa shape index (κ2) is 6.44. The van der Waals surface area contributed by atoms with Crippen molar-refractivity contribution in [3.05, 3.63) is 29.8 Å². The van der Waals surface area contributed by atoms with Gasteiger partial charge in [0.1, 0.15) is 6.04 Å². The van der Waals surface area contributed by atoms with Crippen LogP contribution in [0.2, 0.25) is 0 Å². The topological polar surface area (TPSA) is 66.5 Å². The number of nitrogens with one attached hydrogen (secondary N) is 1. The highest BCUT2D eigenvalue weighted by molar-refractivity contribution is 9.12. The summed E-state index contributed by atoms with van der Waals surface area (Å²) in [5.41, 5.74) is 1.70. The molecule has 0 aromatic heterocycles. The van der Waals surface area contributed by atoms with Gasteiger partial charge in [0.15, 0.2) is 0 Å². The van der Waals surface area contributed by atoms with Crippen molar-refractivity contribution in [2.75, 3.05) is 5.32 Å². The molecule has 0 radical (unpaired) electrons. The number of benzene rings is 1. The Balaban J connectivity index is 1.54. The van der Waals surface area contributed by atoms with Gasteiger partial charge in [-0.3, -0.25) is 19.3 Å². The van der Waals surface area contributed by atoms with Gasteiger partial charge in [0.05, 0.1) is 11.8 Å². The third-order valence-corrected chi connectivity index (χ3v) is 9.28. The molecule has 0 unspecified atom stereocenters. The molecule has 1 aromatic rings. The van der Waals surface area contributed by atoms with Gasteiger partial charge >= 0.3 is 0 Å². The molecule has 7 atom stereocenters. The lowest BCUT2D eigenvalue weighted by atomic mass is 9.81. The van der Waals surface area contributed by atoms with Gasteiger partial charge in [0, 0.05) is 15.3 Å². The number of amides is 3. The van der Waals surface area contributed by atoms with E-state index in [9.17, 15) is 14.4 Å². The summed E-state index contributed by atoms with van der Waals surface area (Å²) < 4.78 is 0. The second-order valence-corrected chi connectivity index (χ2v) is 9.70. The van der Waals surface area contributed by atoms with Crippen LogP contribution < -0.4 is 5.32 Å². The van der Waals surface area contributed by atoms with E-state index >= 15 is 0 Å². The number of halogens is 2. The summed E-state index contributed by atoms with van der Waals surface area (Å²) >= 11 is 7.35. The number of rotatable bonds is 3. The second-order valence-electron chi connectivity index (χ2n) is 7.59. The van der Waals surface area contributed by atoms with Crippen molar-refractivity contribution in [3.63, 3.8) is 0 Å². The molecule has 1 saturated heterocycles. The molecule has 1 heterocycles. The van der Waals surface area contributed by atoms with Crippen LogP contribution in [-0.2, 0) is 14.4 Å². The number of fused-ring (bicyclic) bond motifs is 5. The predicted octanol–water partition coefficient (Wildman–Crippen LogP) is 3.10. The highest BCUT2D eigenvalue weighted by Gasteiger charge is 2.67. The normalized spacial score (nSPS) is 36.4. The third-order valence-electron chi connectivity index (χ3n) is 6.07. The largest absolute Gasteiger partial charge is 0.324 e. The number of hydrogen-bond donors (Lipinski definition) is 1. The summed E-state index contributed by atoms with van der Waals surface area (Å²) in [4.78, 5) is 40.2. The van der Waals surface area contributed by atoms with E-state index in [2.05, 4.69) is 37.2 Å². The molecule has 7 heteroatoms. The van der Waals surface area contributed by atoms with Gasteiger partial charge in [-0.05, 0) is 49.8 Å². The Kier molecular flexibility index (Phi) is 4.50. The van der Waals surface area contributed by atoms with Gasteiger partial charge in [-0.25, -0.2) is 0 Å². The minimum Gasteiger partial charge on any atom is -0.324 e. The summed E-state index contributed by atoms with van der Waals surface area (Å²) in [6.45, 7) is 3.57. The van der Waals surface area contributed by atoms with Gasteiger partial charge in [0.2, 0.25) is 17.7 Å². The number of carbonyl (C=O) groups excluding carboxylic acids is 3. The van der Waals surface area contributed by atoms with E-state index in [1.165, 1.54) is 4.90 Å². The number of hydrogen-bond acceptors (Lipinski definition) is 3. The number of alkyl halides is 2. The molecule has 1 aliphatic heterocycles. The molecule has 4 rings (SSSR count). The lowest BCUT2D eigenvalue weighted by Gasteiger charge is -2.28. The van der Waals surface area contributed by atoms with Gasteiger partial charge in [-0.1, -0.05) is 44.0 Å². The van der Waals surface area contributed by atoms with Crippen LogP contribution in [0, 0.1) is 30.6 Å². The van der Waals surface area contributed by atoms with E-state index in [0.29, 0.717) is 5.69 Å². The molecule has 3 fully saturated rings. The molecule has 2 aliphatic carbocycles. The molecule has 0 spiro atoms. The first-order valence-corrected chi connectivity index (χ1v) is 10.7. The van der Waals surface area contributed by atoms with Crippen LogP contribution in [0.1, 0.15) is 18.9 Å². The zero-order chi connectivity index (χ0) is 18.7. The van der Waals surface area contributed by atoms with E-state index in [0.717, 1.165) is 12.0 Å². The van der Waals surface area contributed by atoms with Crippen molar-refractivity contribution in [1.82, 2.24) is 4.90 Å². The molecular formula is C19H20Br2N2O3. The van der Waals surface area contributed by atoms with E-state index < -0.39 is 6.04 Å². The van der Waals surface area contributed by atoms with Crippen LogP contribution in [-0.4, -0.2) is 38.3 Å². The van der Waals surface area contributed by atoms with E-state index in [1.807, 2.05) is 25.1 Å². The van der Waals surface area contributed by atoms with Gasteiger partial charge < -0.3 is 5.32 Å². The first-order valence-electron chi connectivity index (χ1n) is 8.84. The summed E-state index contributed by atoms with van der Waals surface area (Å²) in [6, 6.07) is 6.64. The Morgan fingerprint density at radius 1 is 1.15 bits per heavy atom. The van der Waals surface area contributed by atoms with Crippen molar-refractivity contribution in [2.24, 2.45) is 23.7 Å². The van der Waals surface area contributed by atoms with E-state index in [4.69, 9.17) is 0 Å². The quantitative estimate of drug-likeness (QED) is 0.530. The molecular weight excluding hydrogens is 464 g/mol. The molecule has 3 amide bonds. The number of carbonyl (C=O) groups is 3. The maximum atomic E-state index is 13.0. The summed E-state index contributed by atoms with van der Waals surface area (Å²) in [7, 11) is 0. The van der Waals surface area contributed by atoms with Crippen LogP contribution in [0.15, 0.2) is 24.3 Å². The van der Waals surface area contributed by atoms with Crippen LogP contribution in [0.5, 0.6) is 0 Å². The number of nitrogens with zero attached hydrogens (tertiary/aromatic N) is 1. The smallest absolute Gasteiger partial charge is 0.247 e. The minimum absolute atomic E-state index is 0.155. The van der Waals surface area contributed by atoms with Crippen molar-refractivity contribution < 1.29 is 14.4 Å². The Morgan fingerprint density at radius 3 is 2.27 bits per heavy atom. The highest BCUT2D eigenvalue weighted by Crippen LogP contribution is 2.60. The zero-order valence-corrected chi connectivity index (χ0v) is 17.7. The van der Waals surface area contributed by atoms with Gasteiger partial charge in [-0.15, -0.1) is 0 Å². The average molecular weight is 484 g/mol. The molecule has 1 aromatic carbocycles. The summed E-state index contributed by atoms with van der Waals surface area (Å²) in [5, 5.41) is 2.82. The monoisotopic (exact) mass is 482 g/mol. The number of aryl methyl sites for hydroxylation is 1. The number of anilines is 1. The predicted molar refractivity (Wildman–Crippen MR) is 105 cm³/mol. The van der Waals surface area contributed by atoms with Gasteiger partial charge in [0.25, 0.3) is 0 Å². The minimum atomic E-state index is -0.817. The first-order chi connectivity index (χ1) is 12.3. The van der Waals surface area contributed by atoms with Crippen molar-refractivity contribution in [3.8, 4) is 0 Å². The molecule has 3 aliphatic rings. The van der Waals surface area contributed by atoms with Crippen molar-refractivity contribution in [2.45, 2.75) is 36.0 Å². The summed E-state index contributed by atoms with van der Waals surface area (Å²) in [5.74, 6) is -0.993. The van der Waals surface area contributed by atoms with E-state index in [-0.39, 0.29) is 51.0 Å². The molecule has 2 bridgehead atoms. The molecule has 1 N–H and O–H groups in total. The molecule has 26 heavy (non-hydrogen) atoms. The van der Waals surface area contributed by atoms with Crippen molar-refractivity contribution >= 4 is 55.3 Å². The maximum absolute atomic E-state index is 13.0. The Morgan fingerprint density at radius 2 is 1.73 bits per heavy atom. The number of imide groups is 1. The third kappa shape index (κ3) is 2.58. The van der Waals surface area contributed by atoms with Crippen LogP contribution in [0.3, 0.4) is 0 Å². The van der Waals surface area contributed by atoms with Crippen LogP contribution in [0.25, 0.3) is 0 Å². The first kappa shape index (κ1) is 18.2. The lowest BCUT2D eigenvalue weighted by Crippen LogP contribution is -2.46. The van der Waals surface area contributed by atoms with E-state index in [1.54, 1.807) is 13.0 Å². The fourth-order valence-electron chi connectivity index (χ4n) is 4.84. The SMILES string of the molecule is Cc1cccc(NC(=O)[C@H](C)N2C(=O)[C@@H]3[C@H]4C[C@@H]([C@@H](Br)[C@H]4Br)[C@H]3C2=O)c1. The Labute approximate surface area is 169 Å². The maximum Gasteiger partial charge on any atom is 0.247 e. The standard InChI is InChI=1S/C19H20Br2N2O3/c1-8-4-3-5-10(6-8)22-17(24)9(2)23-18(25)13-11-7-12(14(13)19(23)26)16(21)15(11)20/h3-6,9,11-16H,7H2,1-2H3,(H,22,24)/t9-,11+,12+,13+,14+,15-,16+/m0/s1. The number of likely N-dealkylation sites (tertiary alicyclic amines) is 1. The molecule has 2 saturated carbocycles. The fraction of sp³-hybridized carbons (Fsp3) is 0.526. The Hall–Kier alpha value is -1.21. The molecule has 5 nitrogen and oxygen atoms in total. The lowest BCUT2D eigenvalue weighted by molar-refractivity contribution is -0.146. The fourth-order valence-corrected chi connectivity index (χ4v) is 6.71. The van der Waals surface area contributed by atoms with Crippen LogP contribution in [0.4, 0.5) is 5.69 Å². The van der Waals surface area contributed by atoms with Crippen LogP contribution >= 0.6 is 31.9 Å². The Bertz CT molecular complexity index is 767. The average Bonchev–Trinajstić information content (AvgIpc) is 3.19. The van der Waals surface area contributed by atoms with Gasteiger partial charge in [-0.2, -0.15) is 0 Å². The summed E-state index contributed by atoms with van der Waals surface area (Å²) in [6.07, 6.45) is 0.885. The highest BCUT2D eigenvalue weighted by atomic mass is 79.9. The van der Waals surface area contributed by atoms with Crippen molar-refractivity contribution in [1.29, 1.82) is 0 Å². The zero-order valence-electron chi connectivity index (χ0n) is 14.5. The molecule has 138 valence electrons.